The Balaban J connectivity index is 2.54. The Labute approximate surface area is 110 Å². The monoisotopic (exact) mass is 257 g/mol. The number of carboxylic acids is 1. The first kappa shape index (κ1) is 15.4. The summed E-state index contributed by atoms with van der Waals surface area (Å²) in [5, 5.41) is 12.6. The first-order valence-electron chi connectivity index (χ1n) is 6.83. The van der Waals surface area contributed by atoms with Crippen LogP contribution in [0.15, 0.2) is 0 Å². The normalized spacial score (nSPS) is 22.1. The largest absolute Gasteiger partial charge is 0.480 e. The second-order valence-corrected chi connectivity index (χ2v) is 5.65. The predicted octanol–water partition coefficient (Wildman–Crippen LogP) is 0.465. The maximum absolute atomic E-state index is 11.5. The van der Waals surface area contributed by atoms with Crippen LogP contribution < -0.4 is 5.32 Å². The van der Waals surface area contributed by atoms with Gasteiger partial charge in [0.2, 0.25) is 0 Å². The third-order valence-corrected chi connectivity index (χ3v) is 3.53. The van der Waals surface area contributed by atoms with Gasteiger partial charge in [-0.3, -0.25) is 15.0 Å². The maximum atomic E-state index is 11.5. The fourth-order valence-electron chi connectivity index (χ4n) is 2.52. The van der Waals surface area contributed by atoms with Crippen molar-refractivity contribution in [2.45, 2.75) is 39.3 Å². The van der Waals surface area contributed by atoms with Gasteiger partial charge in [-0.1, -0.05) is 6.92 Å². The van der Waals surface area contributed by atoms with E-state index in [1.807, 2.05) is 13.8 Å². The van der Waals surface area contributed by atoms with Gasteiger partial charge in [-0.25, -0.2) is 0 Å². The highest BCUT2D eigenvalue weighted by molar-refractivity contribution is 5.78. The molecule has 0 aromatic carbocycles. The van der Waals surface area contributed by atoms with Gasteiger partial charge in [0.1, 0.15) is 5.54 Å². The van der Waals surface area contributed by atoms with Crippen LogP contribution in [-0.2, 0) is 4.79 Å². The Kier molecular flexibility index (Phi) is 5.56. The maximum Gasteiger partial charge on any atom is 0.324 e. The minimum atomic E-state index is -0.859. The van der Waals surface area contributed by atoms with Crippen LogP contribution in [0.2, 0.25) is 0 Å². The quantitative estimate of drug-likeness (QED) is 0.724. The van der Waals surface area contributed by atoms with Gasteiger partial charge >= 0.3 is 5.97 Å². The van der Waals surface area contributed by atoms with Gasteiger partial charge in [0.15, 0.2) is 0 Å². The second-order valence-electron chi connectivity index (χ2n) is 5.65. The number of carbonyl (C=O) groups is 1. The standard InChI is InChI=1S/C13H27N3O2/c1-5-15-6-8-16(9-7-15)10-13(4,12(17)18)14-11(2)3/h11,14H,5-10H2,1-4H3,(H,17,18). The number of piperazine rings is 1. The van der Waals surface area contributed by atoms with Gasteiger partial charge in [0, 0.05) is 38.8 Å². The van der Waals surface area contributed by atoms with E-state index in [0.717, 1.165) is 32.7 Å². The number of nitrogens with zero attached hydrogens (tertiary/aromatic N) is 2. The fraction of sp³-hybridized carbons (Fsp3) is 0.923. The van der Waals surface area contributed by atoms with E-state index in [2.05, 4.69) is 22.0 Å². The van der Waals surface area contributed by atoms with Gasteiger partial charge in [0.05, 0.1) is 0 Å². The van der Waals surface area contributed by atoms with E-state index in [4.69, 9.17) is 0 Å². The van der Waals surface area contributed by atoms with E-state index in [0.29, 0.717) is 6.54 Å². The van der Waals surface area contributed by atoms with Crippen LogP contribution in [0.1, 0.15) is 27.7 Å². The van der Waals surface area contributed by atoms with Crippen molar-refractivity contribution in [1.82, 2.24) is 15.1 Å². The van der Waals surface area contributed by atoms with Gasteiger partial charge in [-0.15, -0.1) is 0 Å². The van der Waals surface area contributed by atoms with Gasteiger partial charge in [-0.05, 0) is 27.3 Å². The van der Waals surface area contributed by atoms with E-state index < -0.39 is 11.5 Å². The molecule has 1 unspecified atom stereocenters. The van der Waals surface area contributed by atoms with E-state index in [-0.39, 0.29) is 6.04 Å². The summed E-state index contributed by atoms with van der Waals surface area (Å²) in [7, 11) is 0. The highest BCUT2D eigenvalue weighted by atomic mass is 16.4. The van der Waals surface area contributed by atoms with E-state index >= 15 is 0 Å². The van der Waals surface area contributed by atoms with E-state index in [9.17, 15) is 9.90 Å². The molecule has 0 radical (unpaired) electrons. The topological polar surface area (TPSA) is 55.8 Å². The molecule has 1 atom stereocenters. The molecule has 0 aromatic heterocycles. The van der Waals surface area contributed by atoms with Crippen LogP contribution in [0.3, 0.4) is 0 Å². The summed E-state index contributed by atoms with van der Waals surface area (Å²) in [4.78, 5) is 16.1. The van der Waals surface area contributed by atoms with Crippen LogP contribution >= 0.6 is 0 Å². The van der Waals surface area contributed by atoms with E-state index in [1.54, 1.807) is 6.92 Å². The number of likely N-dealkylation sites (N-methyl/N-ethyl adjacent to an activating group) is 1. The van der Waals surface area contributed by atoms with Crippen LogP contribution in [-0.4, -0.2) is 71.7 Å². The van der Waals surface area contributed by atoms with Gasteiger partial charge in [0.25, 0.3) is 0 Å². The van der Waals surface area contributed by atoms with Crippen LogP contribution in [0.5, 0.6) is 0 Å². The highest BCUT2D eigenvalue weighted by Crippen LogP contribution is 2.11. The van der Waals surface area contributed by atoms with Crippen molar-refractivity contribution in [2.24, 2.45) is 0 Å². The van der Waals surface area contributed by atoms with Crippen LogP contribution in [0.25, 0.3) is 0 Å². The lowest BCUT2D eigenvalue weighted by molar-refractivity contribution is -0.145. The molecule has 2 N–H and O–H groups in total. The Bertz CT molecular complexity index is 275. The molecule has 1 aliphatic heterocycles. The van der Waals surface area contributed by atoms with E-state index in [1.165, 1.54) is 0 Å². The molecule has 18 heavy (non-hydrogen) atoms. The Morgan fingerprint density at radius 2 is 1.78 bits per heavy atom. The van der Waals surface area contributed by atoms with Crippen molar-refractivity contribution in [1.29, 1.82) is 0 Å². The molecule has 0 bridgehead atoms. The number of aliphatic carboxylic acids is 1. The van der Waals surface area contributed by atoms with Crippen LogP contribution in [0, 0.1) is 0 Å². The van der Waals surface area contributed by atoms with Crippen molar-refractivity contribution in [3.63, 3.8) is 0 Å². The molecular formula is C13H27N3O2. The molecule has 1 heterocycles. The lowest BCUT2D eigenvalue weighted by Crippen LogP contribution is -2.61. The number of rotatable bonds is 6. The zero-order valence-electron chi connectivity index (χ0n) is 12.1. The van der Waals surface area contributed by atoms with Crippen molar-refractivity contribution in [3.05, 3.63) is 0 Å². The molecule has 0 saturated carbocycles. The molecule has 1 aliphatic rings. The summed E-state index contributed by atoms with van der Waals surface area (Å²) in [5.41, 5.74) is -0.859. The molecule has 5 nitrogen and oxygen atoms in total. The lowest BCUT2D eigenvalue weighted by atomic mass is 10.00. The first-order valence-corrected chi connectivity index (χ1v) is 6.83. The zero-order chi connectivity index (χ0) is 13.8. The summed E-state index contributed by atoms with van der Waals surface area (Å²) in [5.74, 6) is -0.769. The predicted molar refractivity (Wildman–Crippen MR) is 72.9 cm³/mol. The summed E-state index contributed by atoms with van der Waals surface area (Å²) in [6, 6.07) is 0.169. The molecule has 0 aliphatic carbocycles. The molecule has 0 aromatic rings. The summed E-state index contributed by atoms with van der Waals surface area (Å²) in [6.45, 7) is 13.5. The van der Waals surface area contributed by atoms with Crippen molar-refractivity contribution >= 4 is 5.97 Å². The Hall–Kier alpha value is -0.650. The molecule has 1 rings (SSSR count). The Morgan fingerprint density at radius 1 is 1.28 bits per heavy atom. The van der Waals surface area contributed by atoms with Crippen LogP contribution in [0.4, 0.5) is 0 Å². The third-order valence-electron chi connectivity index (χ3n) is 3.53. The van der Waals surface area contributed by atoms with Crippen molar-refractivity contribution in [2.75, 3.05) is 39.3 Å². The minimum Gasteiger partial charge on any atom is -0.480 e. The SMILES string of the molecule is CCN1CCN(CC(C)(NC(C)C)C(=O)O)CC1. The van der Waals surface area contributed by atoms with Crippen molar-refractivity contribution < 1.29 is 9.90 Å². The number of hydrogen-bond donors (Lipinski definition) is 2. The fourth-order valence-corrected chi connectivity index (χ4v) is 2.52. The van der Waals surface area contributed by atoms with Gasteiger partial charge < -0.3 is 10.0 Å². The number of nitrogens with one attached hydrogen (secondary N) is 1. The average molecular weight is 257 g/mol. The molecule has 1 saturated heterocycles. The summed E-state index contributed by atoms with van der Waals surface area (Å²) >= 11 is 0. The summed E-state index contributed by atoms with van der Waals surface area (Å²) < 4.78 is 0. The van der Waals surface area contributed by atoms with Crippen molar-refractivity contribution in [3.8, 4) is 0 Å². The lowest BCUT2D eigenvalue weighted by Gasteiger charge is -2.39. The highest BCUT2D eigenvalue weighted by Gasteiger charge is 2.36. The Morgan fingerprint density at radius 3 is 2.17 bits per heavy atom. The smallest absolute Gasteiger partial charge is 0.324 e. The number of carboxylic acid groups (broad SMARTS) is 1. The summed E-state index contributed by atoms with van der Waals surface area (Å²) in [6.07, 6.45) is 0. The minimum absolute atomic E-state index is 0.169. The zero-order valence-corrected chi connectivity index (χ0v) is 12.1. The second kappa shape index (κ2) is 6.50. The molecule has 1 fully saturated rings. The van der Waals surface area contributed by atoms with Gasteiger partial charge in [-0.2, -0.15) is 0 Å². The molecule has 106 valence electrons. The molecule has 5 heteroatoms. The molecular weight excluding hydrogens is 230 g/mol. The first-order chi connectivity index (χ1) is 8.37. The average Bonchev–Trinajstić information content (AvgIpc) is 2.28. The number of hydrogen-bond acceptors (Lipinski definition) is 4. The molecule has 0 spiro atoms. The molecule has 0 amide bonds. The third kappa shape index (κ3) is 4.23.